The Morgan fingerprint density at radius 2 is 1.92 bits per heavy atom. The molecule has 3 rings (SSSR count). The minimum Gasteiger partial charge on any atom is -0.350 e. The van der Waals surface area contributed by atoms with Crippen LogP contribution in [0.15, 0.2) is 59.7 Å². The molecular weight excluding hydrogens is 304 g/mol. The smallest absolute Gasteiger partial charge is 0.251 e. The molecule has 1 amide bonds. The van der Waals surface area contributed by atoms with Crippen LogP contribution in [0.5, 0.6) is 0 Å². The topological polar surface area (TPSA) is 79.8 Å². The third-order valence-corrected chi connectivity index (χ3v) is 3.58. The Hall–Kier alpha value is -3.15. The van der Waals surface area contributed by atoms with Crippen molar-refractivity contribution in [2.24, 2.45) is 0 Å². The normalized spacial score (nSPS) is 10.5. The van der Waals surface area contributed by atoms with Crippen LogP contribution >= 0.6 is 0 Å². The first-order chi connectivity index (χ1) is 11.6. The van der Waals surface area contributed by atoms with Crippen LogP contribution < -0.4 is 10.9 Å². The van der Waals surface area contributed by atoms with E-state index in [1.54, 1.807) is 19.1 Å². The van der Waals surface area contributed by atoms with Crippen LogP contribution in [0.2, 0.25) is 0 Å². The molecule has 0 spiro atoms. The number of amides is 1. The number of hydrogen-bond acceptors (Lipinski definition) is 3. The molecule has 0 aliphatic rings. The fourth-order valence-electron chi connectivity index (χ4n) is 2.44. The first-order valence-electron chi connectivity index (χ1n) is 7.65. The lowest BCUT2D eigenvalue weighted by molar-refractivity contribution is 0.0950. The standard InChI is InChI=1S/C18H18N4O2/c1-13-10-17(23)21-16(20-13)11-19-18(24)15-6-4-14(5-7-15)12-22-8-2-3-9-22/h2-10H,11-12H2,1H3,(H,19,24)(H,20,21,23). The molecule has 24 heavy (non-hydrogen) atoms. The van der Waals surface area contributed by atoms with E-state index in [1.807, 2.05) is 36.7 Å². The van der Waals surface area contributed by atoms with Gasteiger partial charge in [0.1, 0.15) is 5.82 Å². The summed E-state index contributed by atoms with van der Waals surface area (Å²) in [5, 5.41) is 2.76. The minimum absolute atomic E-state index is 0.181. The van der Waals surface area contributed by atoms with Crippen LogP contribution in [0.3, 0.4) is 0 Å². The summed E-state index contributed by atoms with van der Waals surface area (Å²) >= 11 is 0. The number of aromatic nitrogens is 3. The Kier molecular flexibility index (Phi) is 4.56. The summed E-state index contributed by atoms with van der Waals surface area (Å²) in [6.07, 6.45) is 3.99. The molecule has 6 nitrogen and oxygen atoms in total. The van der Waals surface area contributed by atoms with Crippen molar-refractivity contribution in [2.45, 2.75) is 20.0 Å². The highest BCUT2D eigenvalue weighted by molar-refractivity contribution is 5.94. The van der Waals surface area contributed by atoms with Crippen molar-refractivity contribution < 1.29 is 4.79 Å². The molecule has 0 saturated heterocycles. The Morgan fingerprint density at radius 3 is 2.58 bits per heavy atom. The van der Waals surface area contributed by atoms with Crippen LogP contribution in [-0.2, 0) is 13.1 Å². The van der Waals surface area contributed by atoms with Crippen molar-refractivity contribution in [3.8, 4) is 0 Å². The largest absolute Gasteiger partial charge is 0.350 e. The zero-order chi connectivity index (χ0) is 16.9. The molecule has 2 heterocycles. The van der Waals surface area contributed by atoms with Crippen LogP contribution in [-0.4, -0.2) is 20.4 Å². The predicted molar refractivity (Wildman–Crippen MR) is 90.7 cm³/mol. The fourth-order valence-corrected chi connectivity index (χ4v) is 2.44. The predicted octanol–water partition coefficient (Wildman–Crippen LogP) is 1.86. The van der Waals surface area contributed by atoms with Crippen molar-refractivity contribution in [3.63, 3.8) is 0 Å². The quantitative estimate of drug-likeness (QED) is 0.752. The first-order valence-corrected chi connectivity index (χ1v) is 7.65. The van der Waals surface area contributed by atoms with Gasteiger partial charge in [0.2, 0.25) is 0 Å². The van der Waals surface area contributed by atoms with E-state index >= 15 is 0 Å². The van der Waals surface area contributed by atoms with E-state index < -0.39 is 0 Å². The maximum absolute atomic E-state index is 12.2. The number of nitrogens with one attached hydrogen (secondary N) is 2. The summed E-state index contributed by atoms with van der Waals surface area (Å²) < 4.78 is 2.06. The number of H-pyrrole nitrogens is 1. The zero-order valence-electron chi connectivity index (χ0n) is 13.3. The van der Waals surface area contributed by atoms with Gasteiger partial charge >= 0.3 is 0 Å². The molecule has 122 valence electrons. The van der Waals surface area contributed by atoms with Crippen LogP contribution in [0.25, 0.3) is 0 Å². The number of carbonyl (C=O) groups is 1. The van der Waals surface area contributed by atoms with E-state index in [9.17, 15) is 9.59 Å². The molecule has 0 unspecified atom stereocenters. The lowest BCUT2D eigenvalue weighted by atomic mass is 10.1. The van der Waals surface area contributed by atoms with Crippen molar-refractivity contribution in [1.29, 1.82) is 0 Å². The van der Waals surface area contributed by atoms with E-state index in [4.69, 9.17) is 0 Å². The summed E-state index contributed by atoms with van der Waals surface area (Å²) in [6.45, 7) is 2.69. The highest BCUT2D eigenvalue weighted by Crippen LogP contribution is 2.07. The SMILES string of the molecule is Cc1cc(=O)[nH]c(CNC(=O)c2ccc(Cn3cccc3)cc2)n1. The number of aromatic amines is 1. The minimum atomic E-state index is -0.221. The molecule has 0 saturated carbocycles. The van der Waals surface area contributed by atoms with E-state index in [0.29, 0.717) is 17.1 Å². The molecule has 0 atom stereocenters. The van der Waals surface area contributed by atoms with Gasteiger partial charge in [0.25, 0.3) is 11.5 Å². The van der Waals surface area contributed by atoms with E-state index in [-0.39, 0.29) is 18.0 Å². The highest BCUT2D eigenvalue weighted by atomic mass is 16.1. The lowest BCUT2D eigenvalue weighted by Gasteiger charge is -2.07. The van der Waals surface area contributed by atoms with E-state index in [1.165, 1.54) is 6.07 Å². The molecule has 0 aliphatic carbocycles. The Labute approximate surface area is 139 Å². The number of benzene rings is 1. The van der Waals surface area contributed by atoms with Crippen molar-refractivity contribution in [1.82, 2.24) is 19.9 Å². The first kappa shape index (κ1) is 15.7. The Morgan fingerprint density at radius 1 is 1.21 bits per heavy atom. The maximum atomic E-state index is 12.2. The summed E-state index contributed by atoms with van der Waals surface area (Å²) in [4.78, 5) is 30.4. The van der Waals surface area contributed by atoms with Crippen molar-refractivity contribution >= 4 is 5.91 Å². The summed E-state index contributed by atoms with van der Waals surface area (Å²) in [7, 11) is 0. The fraction of sp³-hybridized carbons (Fsp3) is 0.167. The second-order valence-corrected chi connectivity index (χ2v) is 5.57. The summed E-state index contributed by atoms with van der Waals surface area (Å²) in [5.74, 6) is 0.240. The van der Waals surface area contributed by atoms with Gasteiger partial charge in [-0.3, -0.25) is 9.59 Å². The van der Waals surface area contributed by atoms with Crippen molar-refractivity contribution in [2.75, 3.05) is 0 Å². The van der Waals surface area contributed by atoms with Gasteiger partial charge in [-0.25, -0.2) is 4.98 Å². The Balaban J connectivity index is 1.61. The van der Waals surface area contributed by atoms with Gasteiger partial charge < -0.3 is 14.9 Å². The van der Waals surface area contributed by atoms with Gasteiger partial charge in [-0.05, 0) is 36.8 Å². The van der Waals surface area contributed by atoms with Crippen molar-refractivity contribution in [3.05, 3.63) is 87.9 Å². The average Bonchev–Trinajstić information content (AvgIpc) is 3.05. The molecule has 0 radical (unpaired) electrons. The van der Waals surface area contributed by atoms with Gasteiger partial charge in [0, 0.05) is 36.3 Å². The van der Waals surface area contributed by atoms with Crippen LogP contribution in [0, 0.1) is 6.92 Å². The molecule has 6 heteroatoms. The lowest BCUT2D eigenvalue weighted by Crippen LogP contribution is -2.25. The van der Waals surface area contributed by atoms with E-state index in [2.05, 4.69) is 19.9 Å². The molecule has 3 aromatic rings. The second kappa shape index (κ2) is 6.95. The number of rotatable bonds is 5. The van der Waals surface area contributed by atoms with Gasteiger partial charge in [0.05, 0.1) is 6.54 Å². The second-order valence-electron chi connectivity index (χ2n) is 5.57. The third kappa shape index (κ3) is 3.98. The number of carbonyl (C=O) groups excluding carboxylic acids is 1. The van der Waals surface area contributed by atoms with E-state index in [0.717, 1.165) is 12.1 Å². The average molecular weight is 322 g/mol. The highest BCUT2D eigenvalue weighted by Gasteiger charge is 2.06. The van der Waals surface area contributed by atoms with Gasteiger partial charge in [-0.1, -0.05) is 12.1 Å². The zero-order valence-corrected chi connectivity index (χ0v) is 13.3. The third-order valence-electron chi connectivity index (χ3n) is 3.58. The van der Waals surface area contributed by atoms with Crippen LogP contribution in [0.1, 0.15) is 27.4 Å². The van der Waals surface area contributed by atoms with Gasteiger partial charge in [0.15, 0.2) is 0 Å². The van der Waals surface area contributed by atoms with Gasteiger partial charge in [-0.2, -0.15) is 0 Å². The molecular formula is C18H18N4O2. The monoisotopic (exact) mass is 322 g/mol. The van der Waals surface area contributed by atoms with Crippen LogP contribution in [0.4, 0.5) is 0 Å². The molecule has 2 aromatic heterocycles. The molecule has 0 bridgehead atoms. The molecule has 0 fully saturated rings. The molecule has 0 aliphatic heterocycles. The summed E-state index contributed by atoms with van der Waals surface area (Å²) in [6, 6.07) is 12.8. The number of nitrogens with zero attached hydrogens (tertiary/aromatic N) is 2. The van der Waals surface area contributed by atoms with Gasteiger partial charge in [-0.15, -0.1) is 0 Å². The molecule has 2 N–H and O–H groups in total. The number of aryl methyl sites for hydroxylation is 1. The molecule has 1 aromatic carbocycles. The summed E-state index contributed by atoms with van der Waals surface area (Å²) in [5.41, 5.74) is 2.09. The number of hydrogen-bond donors (Lipinski definition) is 2. The maximum Gasteiger partial charge on any atom is 0.251 e. The Bertz CT molecular complexity index is 880.